The van der Waals surface area contributed by atoms with Crippen molar-refractivity contribution in [3.8, 4) is 0 Å². The van der Waals surface area contributed by atoms with E-state index in [0.717, 1.165) is 12.8 Å². The zero-order valence-corrected chi connectivity index (χ0v) is 9.08. The van der Waals surface area contributed by atoms with E-state index in [1.54, 1.807) is 0 Å². The van der Waals surface area contributed by atoms with Gasteiger partial charge in [0, 0.05) is 13.0 Å². The second-order valence-electron chi connectivity index (χ2n) is 4.79. The van der Waals surface area contributed by atoms with Gasteiger partial charge < -0.3 is 15.9 Å². The predicted molar refractivity (Wildman–Crippen MR) is 56.9 cm³/mol. The minimum Gasteiger partial charge on any atom is -0.392 e. The van der Waals surface area contributed by atoms with Gasteiger partial charge in [0.25, 0.3) is 0 Å². The first-order chi connectivity index (χ1) is 6.56. The Bertz CT molecular complexity index is 165. The van der Waals surface area contributed by atoms with Gasteiger partial charge in [0.15, 0.2) is 0 Å². The number of rotatable bonds is 4. The van der Waals surface area contributed by atoms with Gasteiger partial charge in [-0.2, -0.15) is 0 Å². The summed E-state index contributed by atoms with van der Waals surface area (Å²) in [4.78, 5) is 0. The highest BCUT2D eigenvalue weighted by Crippen LogP contribution is 2.34. The van der Waals surface area contributed by atoms with Crippen LogP contribution in [0.1, 0.15) is 45.4 Å². The van der Waals surface area contributed by atoms with Crippen molar-refractivity contribution in [1.29, 1.82) is 0 Å². The molecule has 3 nitrogen and oxygen atoms in total. The van der Waals surface area contributed by atoms with Gasteiger partial charge in [-0.1, -0.05) is 19.3 Å². The molecule has 1 saturated carbocycles. The molecule has 2 atom stereocenters. The zero-order valence-electron chi connectivity index (χ0n) is 9.08. The normalized spacial score (nSPS) is 25.7. The van der Waals surface area contributed by atoms with Crippen LogP contribution < -0.4 is 5.73 Å². The highest BCUT2D eigenvalue weighted by molar-refractivity contribution is 4.86. The van der Waals surface area contributed by atoms with E-state index in [1.807, 2.05) is 6.92 Å². The molecule has 14 heavy (non-hydrogen) atoms. The molecule has 0 unspecified atom stereocenters. The lowest BCUT2D eigenvalue weighted by molar-refractivity contribution is -0.0510. The summed E-state index contributed by atoms with van der Waals surface area (Å²) in [6.07, 6.45) is 5.72. The van der Waals surface area contributed by atoms with Gasteiger partial charge in [-0.3, -0.25) is 0 Å². The van der Waals surface area contributed by atoms with Crippen molar-refractivity contribution in [1.82, 2.24) is 0 Å². The second-order valence-corrected chi connectivity index (χ2v) is 4.79. The topological polar surface area (TPSA) is 66.5 Å². The van der Waals surface area contributed by atoms with Crippen molar-refractivity contribution >= 4 is 0 Å². The summed E-state index contributed by atoms with van der Waals surface area (Å²) in [7, 11) is 0. The van der Waals surface area contributed by atoms with Crippen LogP contribution in [-0.4, -0.2) is 28.5 Å². The standard InChI is InChI=1S/C11H23NO2/c1-11(14,7-10(13)8-12)9-5-3-2-4-6-9/h9-10,13-14H,2-8,12H2,1H3/t10-,11-/m0/s1. The van der Waals surface area contributed by atoms with E-state index in [9.17, 15) is 10.2 Å². The molecule has 1 aliphatic rings. The minimum absolute atomic E-state index is 0.239. The van der Waals surface area contributed by atoms with Gasteiger partial charge in [-0.15, -0.1) is 0 Å². The van der Waals surface area contributed by atoms with E-state index in [4.69, 9.17) is 5.73 Å². The Morgan fingerprint density at radius 1 is 1.36 bits per heavy atom. The molecule has 84 valence electrons. The van der Waals surface area contributed by atoms with Crippen LogP contribution >= 0.6 is 0 Å². The van der Waals surface area contributed by atoms with E-state index < -0.39 is 11.7 Å². The number of hydrogen-bond donors (Lipinski definition) is 3. The van der Waals surface area contributed by atoms with Crippen LogP contribution in [0.4, 0.5) is 0 Å². The average Bonchev–Trinajstić information content (AvgIpc) is 2.18. The van der Waals surface area contributed by atoms with Crippen LogP contribution in [0.2, 0.25) is 0 Å². The van der Waals surface area contributed by atoms with E-state index >= 15 is 0 Å². The molecule has 1 rings (SSSR count). The number of aliphatic hydroxyl groups is 2. The third-order valence-corrected chi connectivity index (χ3v) is 3.41. The Kier molecular flexibility index (Phi) is 4.35. The smallest absolute Gasteiger partial charge is 0.0689 e. The summed E-state index contributed by atoms with van der Waals surface area (Å²) in [5.74, 6) is 0.345. The third-order valence-electron chi connectivity index (χ3n) is 3.41. The molecule has 1 aliphatic carbocycles. The van der Waals surface area contributed by atoms with Crippen molar-refractivity contribution in [2.75, 3.05) is 6.54 Å². The monoisotopic (exact) mass is 201 g/mol. The number of nitrogens with two attached hydrogens (primary N) is 1. The van der Waals surface area contributed by atoms with Crippen molar-refractivity contribution in [2.45, 2.75) is 57.2 Å². The maximum Gasteiger partial charge on any atom is 0.0689 e. The fraction of sp³-hybridized carbons (Fsp3) is 1.00. The molecule has 0 amide bonds. The van der Waals surface area contributed by atoms with Gasteiger partial charge in [0.05, 0.1) is 11.7 Å². The van der Waals surface area contributed by atoms with Crippen LogP contribution in [0.15, 0.2) is 0 Å². The SMILES string of the molecule is C[C@](O)(C[C@H](O)CN)C1CCCCC1. The van der Waals surface area contributed by atoms with Crippen LogP contribution in [0.3, 0.4) is 0 Å². The van der Waals surface area contributed by atoms with E-state index in [0.29, 0.717) is 12.3 Å². The second kappa shape index (κ2) is 5.10. The lowest BCUT2D eigenvalue weighted by atomic mass is 9.75. The van der Waals surface area contributed by atoms with Crippen molar-refractivity contribution in [3.63, 3.8) is 0 Å². The van der Waals surface area contributed by atoms with Crippen LogP contribution in [-0.2, 0) is 0 Å². The predicted octanol–water partition coefficient (Wildman–Crippen LogP) is 1.03. The summed E-state index contributed by atoms with van der Waals surface area (Å²) >= 11 is 0. The Hall–Kier alpha value is -0.120. The molecule has 0 heterocycles. The van der Waals surface area contributed by atoms with Crippen molar-refractivity contribution in [3.05, 3.63) is 0 Å². The summed E-state index contributed by atoms with van der Waals surface area (Å²) in [5.41, 5.74) is 4.61. The zero-order chi connectivity index (χ0) is 10.6. The maximum absolute atomic E-state index is 10.2. The van der Waals surface area contributed by atoms with E-state index in [1.165, 1.54) is 19.3 Å². The van der Waals surface area contributed by atoms with Crippen molar-refractivity contribution in [2.24, 2.45) is 11.7 Å². The summed E-state index contributed by atoms with van der Waals surface area (Å²) in [5, 5.41) is 19.7. The number of aliphatic hydroxyl groups excluding tert-OH is 1. The Balaban J connectivity index is 2.45. The van der Waals surface area contributed by atoms with Gasteiger partial charge in [0.1, 0.15) is 0 Å². The lowest BCUT2D eigenvalue weighted by Gasteiger charge is -2.36. The van der Waals surface area contributed by atoms with Gasteiger partial charge in [0.2, 0.25) is 0 Å². The summed E-state index contributed by atoms with van der Waals surface area (Å²) in [6, 6.07) is 0. The summed E-state index contributed by atoms with van der Waals surface area (Å²) in [6.45, 7) is 2.07. The molecule has 0 bridgehead atoms. The first-order valence-electron chi connectivity index (χ1n) is 5.67. The fourth-order valence-electron chi connectivity index (χ4n) is 2.45. The molecule has 0 radical (unpaired) electrons. The first-order valence-corrected chi connectivity index (χ1v) is 5.67. The quantitative estimate of drug-likeness (QED) is 0.636. The van der Waals surface area contributed by atoms with E-state index in [2.05, 4.69) is 0 Å². The molecule has 4 N–H and O–H groups in total. The van der Waals surface area contributed by atoms with Crippen LogP contribution in [0.5, 0.6) is 0 Å². The first kappa shape index (κ1) is 12.0. The van der Waals surface area contributed by atoms with Crippen LogP contribution in [0.25, 0.3) is 0 Å². The molecule has 0 aromatic carbocycles. The van der Waals surface area contributed by atoms with E-state index in [-0.39, 0.29) is 6.54 Å². The third kappa shape index (κ3) is 3.23. The lowest BCUT2D eigenvalue weighted by Crippen LogP contribution is -2.41. The Labute approximate surface area is 86.3 Å². The highest BCUT2D eigenvalue weighted by Gasteiger charge is 2.34. The van der Waals surface area contributed by atoms with Gasteiger partial charge in [-0.25, -0.2) is 0 Å². The molecular formula is C11H23NO2. The molecule has 0 spiro atoms. The average molecular weight is 201 g/mol. The fourth-order valence-corrected chi connectivity index (χ4v) is 2.45. The van der Waals surface area contributed by atoms with Gasteiger partial charge >= 0.3 is 0 Å². The van der Waals surface area contributed by atoms with Gasteiger partial charge in [-0.05, 0) is 25.7 Å². The molecule has 1 fully saturated rings. The molecule has 0 aliphatic heterocycles. The highest BCUT2D eigenvalue weighted by atomic mass is 16.3. The Morgan fingerprint density at radius 3 is 2.43 bits per heavy atom. The molecule has 0 saturated heterocycles. The number of hydrogen-bond acceptors (Lipinski definition) is 3. The molecule has 3 heteroatoms. The molecule has 0 aromatic heterocycles. The molecular weight excluding hydrogens is 178 g/mol. The minimum atomic E-state index is -0.737. The van der Waals surface area contributed by atoms with Crippen molar-refractivity contribution < 1.29 is 10.2 Å². The van der Waals surface area contributed by atoms with Crippen LogP contribution in [0, 0.1) is 5.92 Å². The Morgan fingerprint density at radius 2 is 1.93 bits per heavy atom. The summed E-state index contributed by atoms with van der Waals surface area (Å²) < 4.78 is 0. The maximum atomic E-state index is 10.2. The largest absolute Gasteiger partial charge is 0.392 e. The molecule has 0 aromatic rings.